The normalized spacial score (nSPS) is 30.2. The average Bonchev–Trinajstić information content (AvgIpc) is 3.04. The molecule has 1 aromatic heterocycles. The number of carboxylic acids is 1. The van der Waals surface area contributed by atoms with E-state index in [2.05, 4.69) is 0 Å². The standard InChI is InChI=1S/C30H32O19/c31-8-18-22(39)24(41)25(42)29(47-18)49-28-23(40)19(9-44-21(38)7-20(36)37)48-30(26(28)43)46-17-6-12-14(34)4-11(32)5-16(12)45-27(17)10-1-2-13(33)15(35)3-10/h1-6,18-19,22-26,28-31,39-43H,7-9H2,(H4-,32,33,34,35,36,37)/p+1/t18-,19-,22-,23-,24+,25-,26-,28+,29+,30-/m1/s1. The first-order valence-electron chi connectivity index (χ1n) is 14.5. The second-order valence-corrected chi connectivity index (χ2v) is 11.2. The molecule has 2 aromatic carbocycles. The van der Waals surface area contributed by atoms with Gasteiger partial charge in [0.2, 0.25) is 12.0 Å². The number of carbonyl (C=O) groups is 2. The topological polar surface area (TPSA) is 314 Å². The highest BCUT2D eigenvalue weighted by Crippen LogP contribution is 2.42. The van der Waals surface area contributed by atoms with Gasteiger partial charge in [0.15, 0.2) is 17.8 Å². The summed E-state index contributed by atoms with van der Waals surface area (Å²) in [5, 5.41) is 112. The average molecular weight is 698 g/mol. The van der Waals surface area contributed by atoms with Crippen molar-refractivity contribution in [2.45, 2.75) is 67.8 Å². The van der Waals surface area contributed by atoms with Crippen LogP contribution in [0.2, 0.25) is 0 Å². The molecule has 2 saturated heterocycles. The Bertz CT molecular complexity index is 1680. The fraction of sp³-hybridized carbons (Fsp3) is 0.433. The molecule has 3 heterocycles. The van der Waals surface area contributed by atoms with E-state index in [1.807, 2.05) is 0 Å². The van der Waals surface area contributed by atoms with Gasteiger partial charge < -0.3 is 79.9 Å². The highest BCUT2D eigenvalue weighted by Gasteiger charge is 2.52. The smallest absolute Gasteiger partial charge is 0.402 e. The number of carboxylic acid groups (broad SMARTS) is 1. The number of hydrogen-bond acceptors (Lipinski definition) is 17. The summed E-state index contributed by atoms with van der Waals surface area (Å²) in [5.74, 6) is -5.19. The lowest BCUT2D eigenvalue weighted by Gasteiger charge is -2.45. The summed E-state index contributed by atoms with van der Waals surface area (Å²) in [7, 11) is 0. The molecule has 5 rings (SSSR count). The molecular formula is C30H33O19+. The fourth-order valence-corrected chi connectivity index (χ4v) is 5.25. The quantitative estimate of drug-likeness (QED) is 0.0483. The Morgan fingerprint density at radius 2 is 1.49 bits per heavy atom. The van der Waals surface area contributed by atoms with Gasteiger partial charge in [-0.05, 0) is 12.1 Å². The van der Waals surface area contributed by atoms with E-state index in [4.69, 9.17) is 33.2 Å². The van der Waals surface area contributed by atoms with Crippen LogP contribution in [0.5, 0.6) is 28.7 Å². The number of rotatable bonds is 10. The third-order valence-electron chi connectivity index (χ3n) is 7.78. The van der Waals surface area contributed by atoms with Crippen LogP contribution >= 0.6 is 0 Å². The molecular weight excluding hydrogens is 664 g/mol. The Morgan fingerprint density at radius 1 is 0.776 bits per heavy atom. The van der Waals surface area contributed by atoms with Crippen molar-refractivity contribution in [1.29, 1.82) is 0 Å². The van der Waals surface area contributed by atoms with Crippen molar-refractivity contribution in [3.05, 3.63) is 36.4 Å². The van der Waals surface area contributed by atoms with Crippen LogP contribution in [0.1, 0.15) is 6.42 Å². The molecule has 266 valence electrons. The minimum atomic E-state index is -2.03. The zero-order valence-corrected chi connectivity index (χ0v) is 25.0. The number of esters is 1. The van der Waals surface area contributed by atoms with Crippen LogP contribution in [0.4, 0.5) is 0 Å². The van der Waals surface area contributed by atoms with Gasteiger partial charge in [-0.15, -0.1) is 0 Å². The monoisotopic (exact) mass is 697 g/mol. The van der Waals surface area contributed by atoms with E-state index in [9.17, 15) is 60.7 Å². The summed E-state index contributed by atoms with van der Waals surface area (Å²) >= 11 is 0. The number of carbonyl (C=O) groups excluding carboxylic acids is 1. The van der Waals surface area contributed by atoms with Crippen molar-refractivity contribution in [2.75, 3.05) is 13.2 Å². The van der Waals surface area contributed by atoms with Crippen LogP contribution < -0.4 is 4.74 Å². The molecule has 10 atom stereocenters. The predicted octanol–water partition coefficient (Wildman–Crippen LogP) is -1.77. The number of phenols is 4. The van der Waals surface area contributed by atoms with Gasteiger partial charge in [-0.3, -0.25) is 9.59 Å². The number of ether oxygens (including phenoxy) is 5. The second kappa shape index (κ2) is 14.5. The van der Waals surface area contributed by atoms with Crippen molar-refractivity contribution in [2.24, 2.45) is 0 Å². The van der Waals surface area contributed by atoms with Crippen molar-refractivity contribution >= 4 is 22.9 Å². The van der Waals surface area contributed by atoms with Gasteiger partial charge in [0.1, 0.15) is 78.7 Å². The van der Waals surface area contributed by atoms with E-state index < -0.39 is 110 Å². The highest BCUT2D eigenvalue weighted by atomic mass is 16.7. The van der Waals surface area contributed by atoms with Crippen LogP contribution in [0, 0.1) is 0 Å². The Labute approximate surface area is 274 Å². The van der Waals surface area contributed by atoms with Gasteiger partial charge in [-0.1, -0.05) is 0 Å². The number of benzene rings is 2. The Kier molecular flexibility index (Phi) is 10.6. The molecule has 0 amide bonds. The lowest BCUT2D eigenvalue weighted by Crippen LogP contribution is -2.65. The number of aliphatic hydroxyl groups excluding tert-OH is 6. The number of aromatic hydroxyl groups is 4. The van der Waals surface area contributed by atoms with Gasteiger partial charge >= 0.3 is 23.3 Å². The molecule has 19 nitrogen and oxygen atoms in total. The fourth-order valence-electron chi connectivity index (χ4n) is 5.25. The third-order valence-corrected chi connectivity index (χ3v) is 7.78. The molecule has 0 radical (unpaired) electrons. The molecule has 0 aliphatic carbocycles. The Morgan fingerprint density at radius 3 is 2.16 bits per heavy atom. The Balaban J connectivity index is 1.53. The van der Waals surface area contributed by atoms with E-state index in [1.165, 1.54) is 12.1 Å². The molecule has 2 fully saturated rings. The minimum absolute atomic E-state index is 0.0295. The molecule has 3 aromatic rings. The number of phenolic OH excluding ortho intramolecular Hbond substituents is 4. The van der Waals surface area contributed by atoms with Crippen LogP contribution in [0.15, 0.2) is 40.8 Å². The predicted molar refractivity (Wildman–Crippen MR) is 156 cm³/mol. The third kappa shape index (κ3) is 7.54. The summed E-state index contributed by atoms with van der Waals surface area (Å²) in [4.78, 5) is 22.9. The molecule has 19 heteroatoms. The van der Waals surface area contributed by atoms with Gasteiger partial charge in [0, 0.05) is 18.2 Å². The van der Waals surface area contributed by atoms with Crippen LogP contribution in [0.3, 0.4) is 0 Å². The van der Waals surface area contributed by atoms with Gasteiger partial charge in [-0.25, -0.2) is 4.42 Å². The van der Waals surface area contributed by atoms with E-state index in [0.29, 0.717) is 0 Å². The maximum absolute atomic E-state index is 12.0. The SMILES string of the molecule is O=C(O)CC(=O)OC[C@H]1O[C@@H](Oc2cc3c(O)cc(O)cc3[o+]c2-c2ccc(O)c(O)c2)[C@H](O)[C@@H](O[C@@H]2O[C@H](CO)[C@@H](O)[C@H](O)[C@H]2O)[C@@H]1O. The lowest BCUT2D eigenvalue weighted by molar-refractivity contribution is -0.353. The van der Waals surface area contributed by atoms with Gasteiger partial charge in [0.05, 0.1) is 18.2 Å². The van der Waals surface area contributed by atoms with Crippen molar-refractivity contribution in [1.82, 2.24) is 0 Å². The molecule has 0 bridgehead atoms. The molecule has 2 aliphatic rings. The molecule has 49 heavy (non-hydrogen) atoms. The van der Waals surface area contributed by atoms with E-state index in [1.54, 1.807) is 0 Å². The second-order valence-electron chi connectivity index (χ2n) is 11.2. The summed E-state index contributed by atoms with van der Waals surface area (Å²) in [6.45, 7) is -1.65. The van der Waals surface area contributed by atoms with Crippen molar-refractivity contribution in [3.63, 3.8) is 0 Å². The summed E-state index contributed by atoms with van der Waals surface area (Å²) < 4.78 is 33.4. The first-order chi connectivity index (χ1) is 23.2. The summed E-state index contributed by atoms with van der Waals surface area (Å²) in [5.41, 5.74) is -0.0198. The number of hydrogen-bond donors (Lipinski definition) is 11. The molecule has 2 aliphatic heterocycles. The van der Waals surface area contributed by atoms with E-state index in [-0.39, 0.29) is 33.8 Å². The minimum Gasteiger partial charge on any atom is -0.507 e. The largest absolute Gasteiger partial charge is 0.507 e. The van der Waals surface area contributed by atoms with Crippen molar-refractivity contribution in [3.8, 4) is 40.1 Å². The van der Waals surface area contributed by atoms with E-state index >= 15 is 0 Å². The lowest BCUT2D eigenvalue weighted by atomic mass is 9.97. The van der Waals surface area contributed by atoms with E-state index in [0.717, 1.165) is 24.3 Å². The maximum atomic E-state index is 12.0. The Hall–Kier alpha value is -4.57. The molecule has 11 N–H and O–H groups in total. The molecule has 0 unspecified atom stereocenters. The number of aliphatic hydroxyl groups is 6. The first-order valence-corrected chi connectivity index (χ1v) is 14.5. The molecule has 0 spiro atoms. The van der Waals surface area contributed by atoms with Gasteiger partial charge in [-0.2, -0.15) is 0 Å². The van der Waals surface area contributed by atoms with Crippen LogP contribution in [-0.2, 0) is 28.5 Å². The molecule has 0 saturated carbocycles. The zero-order valence-electron chi connectivity index (χ0n) is 25.0. The van der Waals surface area contributed by atoms with Crippen molar-refractivity contribution < 1.29 is 93.9 Å². The van der Waals surface area contributed by atoms with Crippen LogP contribution in [-0.4, -0.2) is 143 Å². The highest BCUT2D eigenvalue weighted by molar-refractivity contribution is 5.90. The van der Waals surface area contributed by atoms with Gasteiger partial charge in [0.25, 0.3) is 0 Å². The summed E-state index contributed by atoms with van der Waals surface area (Å²) in [6, 6.07) is 6.82. The zero-order chi connectivity index (χ0) is 35.7. The maximum Gasteiger partial charge on any atom is 0.402 e. The summed E-state index contributed by atoms with van der Waals surface area (Å²) in [6.07, 6.45) is -19.4. The number of aliphatic carboxylic acids is 1. The number of fused-ring (bicyclic) bond motifs is 1. The van der Waals surface area contributed by atoms with Crippen LogP contribution in [0.25, 0.3) is 22.3 Å². The first kappa shape index (κ1) is 35.7.